The van der Waals surface area contributed by atoms with Crippen LogP contribution in [0.5, 0.6) is 0 Å². The molecule has 1 N–H and O–H groups in total. The van der Waals surface area contributed by atoms with E-state index in [2.05, 4.69) is 17.0 Å². The number of hydrogen-bond acceptors (Lipinski definition) is 3. The molecule has 0 aromatic rings. The van der Waals surface area contributed by atoms with Gasteiger partial charge in [0, 0.05) is 7.05 Å². The SMILES string of the molecule is C=C1N=CN(C)N1. The Labute approximate surface area is 42.3 Å². The van der Waals surface area contributed by atoms with E-state index in [4.69, 9.17) is 0 Å². The van der Waals surface area contributed by atoms with Crippen LogP contribution in [0.4, 0.5) is 0 Å². The van der Waals surface area contributed by atoms with Crippen LogP contribution in [0.3, 0.4) is 0 Å². The van der Waals surface area contributed by atoms with E-state index < -0.39 is 0 Å². The van der Waals surface area contributed by atoms with Crippen LogP contribution in [0.2, 0.25) is 0 Å². The predicted octanol–water partition coefficient (Wildman–Crippen LogP) is -0.0641. The molecule has 0 aromatic carbocycles. The summed E-state index contributed by atoms with van der Waals surface area (Å²) < 4.78 is 0. The molecule has 1 aliphatic heterocycles. The Hall–Kier alpha value is -0.990. The highest BCUT2D eigenvalue weighted by atomic mass is 15.6. The minimum Gasteiger partial charge on any atom is -0.281 e. The molecule has 0 spiro atoms. The Bertz CT molecular complexity index is 116. The van der Waals surface area contributed by atoms with Crippen molar-refractivity contribution in [3.63, 3.8) is 0 Å². The first kappa shape index (κ1) is 4.18. The number of rotatable bonds is 0. The lowest BCUT2D eigenvalue weighted by atomic mass is 10.9. The molecule has 7 heavy (non-hydrogen) atoms. The van der Waals surface area contributed by atoms with E-state index in [1.807, 2.05) is 7.05 Å². The van der Waals surface area contributed by atoms with Crippen molar-refractivity contribution >= 4 is 6.34 Å². The number of hydrogen-bond donors (Lipinski definition) is 1. The van der Waals surface area contributed by atoms with E-state index in [-0.39, 0.29) is 0 Å². The van der Waals surface area contributed by atoms with Crippen molar-refractivity contribution in [3.05, 3.63) is 12.4 Å². The second-order valence-electron chi connectivity index (χ2n) is 1.41. The van der Waals surface area contributed by atoms with Crippen LogP contribution >= 0.6 is 0 Å². The van der Waals surface area contributed by atoms with E-state index in [0.717, 1.165) is 0 Å². The number of nitrogens with zero attached hydrogens (tertiary/aromatic N) is 2. The van der Waals surface area contributed by atoms with Crippen LogP contribution in [0.25, 0.3) is 0 Å². The van der Waals surface area contributed by atoms with Crippen molar-refractivity contribution in [1.82, 2.24) is 10.4 Å². The average Bonchev–Trinajstić information content (AvgIpc) is 1.87. The maximum atomic E-state index is 3.81. The smallest absolute Gasteiger partial charge is 0.139 e. The van der Waals surface area contributed by atoms with Crippen molar-refractivity contribution < 1.29 is 0 Å². The highest BCUT2D eigenvalue weighted by Crippen LogP contribution is 1.91. The molecule has 3 heteroatoms. The second kappa shape index (κ2) is 1.26. The molecule has 38 valence electrons. The summed E-state index contributed by atoms with van der Waals surface area (Å²) in [4.78, 5) is 3.81. The number of nitrogens with one attached hydrogen (secondary N) is 1. The Balaban J connectivity index is 2.58. The van der Waals surface area contributed by atoms with Gasteiger partial charge in [-0.25, -0.2) is 4.99 Å². The van der Waals surface area contributed by atoms with Gasteiger partial charge in [0.1, 0.15) is 12.2 Å². The fraction of sp³-hybridized carbons (Fsp3) is 0.250. The van der Waals surface area contributed by atoms with Gasteiger partial charge in [0.05, 0.1) is 0 Å². The molecule has 1 heterocycles. The van der Waals surface area contributed by atoms with Gasteiger partial charge in [-0.15, -0.1) is 0 Å². The third-order valence-corrected chi connectivity index (χ3v) is 0.692. The molecule has 0 unspecified atom stereocenters. The van der Waals surface area contributed by atoms with Crippen molar-refractivity contribution in [2.45, 2.75) is 0 Å². The van der Waals surface area contributed by atoms with Crippen LogP contribution in [0.1, 0.15) is 0 Å². The fourth-order valence-electron chi connectivity index (χ4n) is 0.418. The van der Waals surface area contributed by atoms with Crippen molar-refractivity contribution in [2.24, 2.45) is 4.99 Å². The first-order valence-electron chi connectivity index (χ1n) is 2.01. The zero-order valence-corrected chi connectivity index (χ0v) is 4.18. The lowest BCUT2D eigenvalue weighted by molar-refractivity contribution is 0.453. The van der Waals surface area contributed by atoms with Crippen LogP contribution in [-0.2, 0) is 0 Å². The molecular formula is C4H7N3. The first-order chi connectivity index (χ1) is 3.29. The van der Waals surface area contributed by atoms with Gasteiger partial charge in [0.2, 0.25) is 0 Å². The Morgan fingerprint density at radius 2 is 2.71 bits per heavy atom. The van der Waals surface area contributed by atoms with Gasteiger partial charge in [-0.2, -0.15) is 0 Å². The summed E-state index contributed by atoms with van der Waals surface area (Å²) in [7, 11) is 1.86. The van der Waals surface area contributed by atoms with E-state index in [0.29, 0.717) is 5.82 Å². The predicted molar refractivity (Wildman–Crippen MR) is 28.5 cm³/mol. The standard InChI is InChI=1S/C4H7N3/c1-4-5-3-7(2)6-4/h3,6H,1H2,2H3. The zero-order valence-electron chi connectivity index (χ0n) is 4.18. The molecule has 0 amide bonds. The van der Waals surface area contributed by atoms with E-state index in [9.17, 15) is 0 Å². The van der Waals surface area contributed by atoms with Crippen molar-refractivity contribution in [2.75, 3.05) is 7.05 Å². The maximum Gasteiger partial charge on any atom is 0.139 e. The third kappa shape index (κ3) is 0.707. The largest absolute Gasteiger partial charge is 0.281 e. The van der Waals surface area contributed by atoms with Gasteiger partial charge < -0.3 is 0 Å². The fourth-order valence-corrected chi connectivity index (χ4v) is 0.418. The molecule has 0 fully saturated rings. The molecule has 1 rings (SSSR count). The first-order valence-corrected chi connectivity index (χ1v) is 2.01. The number of hydrazine groups is 1. The minimum atomic E-state index is 0.697. The lowest BCUT2D eigenvalue weighted by Crippen LogP contribution is -2.24. The van der Waals surface area contributed by atoms with Gasteiger partial charge in [-0.05, 0) is 0 Å². The topological polar surface area (TPSA) is 27.6 Å². The van der Waals surface area contributed by atoms with Crippen LogP contribution in [0, 0.1) is 0 Å². The van der Waals surface area contributed by atoms with E-state index >= 15 is 0 Å². The van der Waals surface area contributed by atoms with Crippen LogP contribution < -0.4 is 5.43 Å². The Morgan fingerprint density at radius 1 is 2.00 bits per heavy atom. The molecule has 0 aromatic heterocycles. The zero-order chi connectivity index (χ0) is 5.28. The quantitative estimate of drug-likeness (QED) is 0.458. The summed E-state index contributed by atoms with van der Waals surface area (Å²) in [5.74, 6) is 0.697. The molecule has 1 aliphatic rings. The van der Waals surface area contributed by atoms with E-state index in [1.165, 1.54) is 0 Å². The van der Waals surface area contributed by atoms with Crippen molar-refractivity contribution in [1.29, 1.82) is 0 Å². The maximum absolute atomic E-state index is 3.81. The number of aliphatic imine (C=N–C) groups is 1. The lowest BCUT2D eigenvalue weighted by Gasteiger charge is -2.04. The Kier molecular flexibility index (Phi) is 0.749. The molecule has 0 saturated carbocycles. The molecule has 0 saturated heterocycles. The average molecular weight is 97.1 g/mol. The summed E-state index contributed by atoms with van der Waals surface area (Å²) in [6, 6.07) is 0. The van der Waals surface area contributed by atoms with Crippen LogP contribution in [0.15, 0.2) is 17.4 Å². The molecule has 3 nitrogen and oxygen atoms in total. The second-order valence-corrected chi connectivity index (χ2v) is 1.41. The summed E-state index contributed by atoms with van der Waals surface area (Å²) in [5.41, 5.74) is 2.83. The molecule has 0 radical (unpaired) electrons. The summed E-state index contributed by atoms with van der Waals surface area (Å²) in [6.45, 7) is 3.55. The monoisotopic (exact) mass is 97.1 g/mol. The Morgan fingerprint density at radius 3 is 2.86 bits per heavy atom. The molecule has 0 bridgehead atoms. The van der Waals surface area contributed by atoms with Gasteiger partial charge in [0.25, 0.3) is 0 Å². The molecule has 0 aliphatic carbocycles. The third-order valence-electron chi connectivity index (χ3n) is 0.692. The summed E-state index contributed by atoms with van der Waals surface area (Å²) in [6.07, 6.45) is 1.67. The summed E-state index contributed by atoms with van der Waals surface area (Å²) in [5, 5.41) is 1.74. The highest BCUT2D eigenvalue weighted by molar-refractivity contribution is 5.58. The van der Waals surface area contributed by atoms with Gasteiger partial charge >= 0.3 is 0 Å². The van der Waals surface area contributed by atoms with Gasteiger partial charge in [0.15, 0.2) is 0 Å². The normalized spacial score (nSPS) is 17.9. The van der Waals surface area contributed by atoms with Gasteiger partial charge in [-0.3, -0.25) is 10.4 Å². The molecule has 0 atom stereocenters. The van der Waals surface area contributed by atoms with Gasteiger partial charge in [-0.1, -0.05) is 6.58 Å². The minimum absolute atomic E-state index is 0.697. The van der Waals surface area contributed by atoms with Crippen LogP contribution in [-0.4, -0.2) is 18.4 Å². The van der Waals surface area contributed by atoms with E-state index in [1.54, 1.807) is 11.3 Å². The van der Waals surface area contributed by atoms with Crippen molar-refractivity contribution in [3.8, 4) is 0 Å². The highest BCUT2D eigenvalue weighted by Gasteiger charge is 1.97. The summed E-state index contributed by atoms with van der Waals surface area (Å²) >= 11 is 0. The molecular weight excluding hydrogens is 90.1 g/mol.